The van der Waals surface area contributed by atoms with E-state index in [-0.39, 0.29) is 30.7 Å². The molecule has 0 saturated carbocycles. The van der Waals surface area contributed by atoms with E-state index in [2.05, 4.69) is 86.2 Å². The predicted molar refractivity (Wildman–Crippen MR) is 228 cm³/mol. The molecule has 1 aromatic carbocycles. The van der Waals surface area contributed by atoms with Crippen LogP contribution in [0.2, 0.25) is 0 Å². The Labute approximate surface area is 323 Å². The summed E-state index contributed by atoms with van der Waals surface area (Å²) in [5.74, 6) is -1.02. The van der Waals surface area contributed by atoms with Crippen LogP contribution >= 0.6 is 12.6 Å². The van der Waals surface area contributed by atoms with Crippen molar-refractivity contribution < 1.29 is 19.8 Å². The number of nitrogens with one attached hydrogen (secondary N) is 2. The number of carboxylic acids is 1. The fraction of sp³-hybridized carbons (Fsp3) is 0.591. The molecule has 0 fully saturated rings. The number of benzene rings is 1. The highest BCUT2D eigenvalue weighted by Crippen LogP contribution is 2.23. The molecule has 0 aliphatic rings. The number of thiol groups is 1. The van der Waals surface area contributed by atoms with Crippen molar-refractivity contribution in [3.8, 4) is 0 Å². The Bertz CT molecular complexity index is 1350. The number of unbranched alkanes of at least 4 members (excludes halogenated alkanes) is 4. The summed E-state index contributed by atoms with van der Waals surface area (Å²) in [6.07, 6.45) is 14.9. The standard InChI is InChI=1S/C25H42N2O3S.C13H19N.C5H10O.CH4/c1-5-8-21-11-10-20(15-18(2)16-23(12-14-28)25(29)30)17-22(21)9-6-7-13-27-19(3)24(31)26-4;1-4-5-6-7-8-11-14-12(2)9-10-13(14)3;1-5(2,3)4-6;/h10-11,17-18,23-24,26-28,31H,3,5-9,12-16H2,1-2,4H3,(H,29,30);4,9-10H,1-3,5-8,11H2;4H,1-3H3;1H4. The number of allylic oxidation sites excluding steroid dienone is 1. The zero-order valence-electron chi connectivity index (χ0n) is 32.8. The Morgan fingerprint density at radius 3 is 2.17 bits per heavy atom. The maximum absolute atomic E-state index is 11.4. The van der Waals surface area contributed by atoms with Crippen molar-refractivity contribution in [2.24, 2.45) is 17.3 Å². The Morgan fingerprint density at radius 2 is 1.65 bits per heavy atom. The van der Waals surface area contributed by atoms with Gasteiger partial charge >= 0.3 is 5.97 Å². The van der Waals surface area contributed by atoms with E-state index in [0.29, 0.717) is 12.8 Å². The number of hydrogen-bond acceptors (Lipinski definition) is 6. The second-order valence-corrected chi connectivity index (χ2v) is 15.2. The summed E-state index contributed by atoms with van der Waals surface area (Å²) >= 11 is 4.41. The number of aldehydes is 1. The molecule has 0 spiro atoms. The smallest absolute Gasteiger partial charge is 0.306 e. The lowest BCUT2D eigenvalue weighted by atomic mass is 9.87. The molecule has 1 heterocycles. The van der Waals surface area contributed by atoms with Gasteiger partial charge in [0.15, 0.2) is 0 Å². The third kappa shape index (κ3) is 23.5. The third-order valence-corrected chi connectivity index (χ3v) is 9.09. The number of nitrogens with zero attached hydrogens (tertiary/aromatic N) is 1. The van der Waals surface area contributed by atoms with Crippen LogP contribution in [0.3, 0.4) is 0 Å². The number of aliphatic hydroxyl groups is 1. The zero-order chi connectivity index (χ0) is 38.8. The molecule has 0 amide bonds. The number of hydrogen-bond donors (Lipinski definition) is 5. The first kappa shape index (κ1) is 51.0. The van der Waals surface area contributed by atoms with Crippen LogP contribution in [0, 0.1) is 17.3 Å². The molecule has 2 rings (SSSR count). The predicted octanol–water partition coefficient (Wildman–Crippen LogP) is 8.11. The van der Waals surface area contributed by atoms with Gasteiger partial charge in [-0.3, -0.25) is 4.79 Å². The van der Waals surface area contributed by atoms with E-state index in [4.69, 9.17) is 5.11 Å². The normalized spacial score (nSPS) is 12.5. The molecular formula is C44H75N3O4S. The molecule has 0 saturated heterocycles. The topological polar surface area (TPSA) is 104 Å². The molecule has 3 unspecified atom stereocenters. The summed E-state index contributed by atoms with van der Waals surface area (Å²) in [5, 5.41) is 27.0. The number of likely N-dealkylation sites (N-methyl/N-ethyl adjacent to an activating group) is 1. The number of aromatic nitrogens is 1. The molecule has 3 atom stereocenters. The molecule has 8 heteroatoms. The van der Waals surface area contributed by atoms with Crippen molar-refractivity contribution in [1.82, 2.24) is 15.2 Å². The van der Waals surface area contributed by atoms with Crippen LogP contribution in [-0.4, -0.2) is 52.6 Å². The van der Waals surface area contributed by atoms with Gasteiger partial charge in [0.05, 0.1) is 11.3 Å². The van der Waals surface area contributed by atoms with Gasteiger partial charge < -0.3 is 30.2 Å². The first-order valence-electron chi connectivity index (χ1n) is 18.8. The van der Waals surface area contributed by atoms with E-state index < -0.39 is 11.9 Å². The van der Waals surface area contributed by atoms with E-state index >= 15 is 0 Å². The first-order valence-corrected chi connectivity index (χ1v) is 19.3. The Morgan fingerprint density at radius 1 is 1.02 bits per heavy atom. The SMILES string of the molecule is C.C=C(NCCCCc1cc(CC(C)CC(CCO)C(=O)O)ccc1CCC)C(S)NC.C=CCCCCCn1c(=C)ccc1=C.CC(C)(C)C=O. The van der Waals surface area contributed by atoms with Gasteiger partial charge in [0.1, 0.15) is 6.29 Å². The molecule has 7 nitrogen and oxygen atoms in total. The average molecular weight is 742 g/mol. The Kier molecular flexibility index (Phi) is 28.8. The maximum Gasteiger partial charge on any atom is 0.306 e. The van der Waals surface area contributed by atoms with Crippen molar-refractivity contribution in [3.63, 3.8) is 0 Å². The van der Waals surface area contributed by atoms with Crippen LogP contribution < -0.4 is 21.3 Å². The van der Waals surface area contributed by atoms with Crippen LogP contribution in [0.25, 0.3) is 13.2 Å². The lowest BCUT2D eigenvalue weighted by Crippen LogP contribution is -2.29. The molecule has 0 aliphatic heterocycles. The highest BCUT2D eigenvalue weighted by Gasteiger charge is 2.20. The van der Waals surface area contributed by atoms with Gasteiger partial charge in [0, 0.05) is 41.5 Å². The summed E-state index contributed by atoms with van der Waals surface area (Å²) < 4.78 is 2.17. The number of carbonyl (C=O) groups is 2. The fourth-order valence-electron chi connectivity index (χ4n) is 5.56. The van der Waals surface area contributed by atoms with Crippen LogP contribution in [0.5, 0.6) is 0 Å². The minimum Gasteiger partial charge on any atom is -0.481 e. The minimum atomic E-state index is -0.810. The van der Waals surface area contributed by atoms with Crippen molar-refractivity contribution >= 4 is 38.0 Å². The fourth-order valence-corrected chi connectivity index (χ4v) is 5.65. The summed E-state index contributed by atoms with van der Waals surface area (Å²) in [5.41, 5.74) is 4.87. The largest absolute Gasteiger partial charge is 0.481 e. The van der Waals surface area contributed by atoms with Gasteiger partial charge in [-0.15, -0.1) is 6.58 Å². The Balaban J connectivity index is 0. The maximum atomic E-state index is 11.4. The van der Waals surface area contributed by atoms with Crippen molar-refractivity contribution in [3.05, 3.63) is 82.7 Å². The highest BCUT2D eigenvalue weighted by molar-refractivity contribution is 7.81. The molecule has 2 aromatic rings. The van der Waals surface area contributed by atoms with Crippen molar-refractivity contribution in [2.75, 3.05) is 20.2 Å². The van der Waals surface area contributed by atoms with Gasteiger partial charge in [-0.1, -0.05) is 98.9 Å². The lowest BCUT2D eigenvalue weighted by molar-refractivity contribution is -0.142. The zero-order valence-corrected chi connectivity index (χ0v) is 33.7. The van der Waals surface area contributed by atoms with E-state index in [0.717, 1.165) is 80.7 Å². The molecule has 4 N–H and O–H groups in total. The van der Waals surface area contributed by atoms with Crippen molar-refractivity contribution in [2.45, 2.75) is 131 Å². The molecule has 52 heavy (non-hydrogen) atoms. The molecule has 296 valence electrons. The average Bonchev–Trinajstić information content (AvgIpc) is 3.41. The molecule has 0 aliphatic carbocycles. The number of carboxylic acid groups (broad SMARTS) is 1. The van der Waals surface area contributed by atoms with Gasteiger partial charge in [-0.05, 0) is 106 Å². The van der Waals surface area contributed by atoms with Crippen LogP contribution in [0.1, 0.15) is 117 Å². The van der Waals surface area contributed by atoms with E-state index in [1.165, 1.54) is 36.0 Å². The van der Waals surface area contributed by atoms with Gasteiger partial charge in [0.25, 0.3) is 0 Å². The summed E-state index contributed by atoms with van der Waals surface area (Å²) in [4.78, 5) is 21.2. The first-order chi connectivity index (χ1) is 24.1. The molecular weight excluding hydrogens is 667 g/mol. The number of carbonyl (C=O) groups excluding carboxylic acids is 1. The number of aliphatic carboxylic acids is 1. The van der Waals surface area contributed by atoms with Gasteiger partial charge in [0.2, 0.25) is 0 Å². The van der Waals surface area contributed by atoms with Gasteiger partial charge in [-0.2, -0.15) is 12.6 Å². The second-order valence-electron chi connectivity index (χ2n) is 14.6. The number of rotatable bonds is 23. The quantitative estimate of drug-likeness (QED) is 0.0259. The second kappa shape index (κ2) is 29.4. The van der Waals surface area contributed by atoms with Gasteiger partial charge in [-0.25, -0.2) is 0 Å². The lowest BCUT2D eigenvalue weighted by Gasteiger charge is -2.18. The van der Waals surface area contributed by atoms with Crippen molar-refractivity contribution in [1.29, 1.82) is 0 Å². The Hall–Kier alpha value is -3.07. The third-order valence-electron chi connectivity index (χ3n) is 8.52. The van der Waals surface area contributed by atoms with Crippen LogP contribution in [-0.2, 0) is 35.4 Å². The summed E-state index contributed by atoms with van der Waals surface area (Å²) in [7, 11) is 1.86. The van der Waals surface area contributed by atoms with E-state index in [1.54, 1.807) is 0 Å². The summed E-state index contributed by atoms with van der Waals surface area (Å²) in [6.45, 7) is 27.4. The summed E-state index contributed by atoms with van der Waals surface area (Å²) in [6, 6.07) is 10.8. The van der Waals surface area contributed by atoms with E-state index in [1.807, 2.05) is 46.0 Å². The monoisotopic (exact) mass is 742 g/mol. The molecule has 0 bridgehead atoms. The van der Waals surface area contributed by atoms with Crippen LogP contribution in [0.15, 0.2) is 55.3 Å². The molecule has 0 radical (unpaired) electrons. The minimum absolute atomic E-state index is 0. The van der Waals surface area contributed by atoms with E-state index in [9.17, 15) is 14.7 Å². The number of aryl methyl sites for hydroxylation is 2. The number of aliphatic hydroxyl groups excluding tert-OH is 1. The highest BCUT2D eigenvalue weighted by atomic mass is 32.1. The molecule has 1 aromatic heterocycles. The van der Waals surface area contributed by atoms with Crippen LogP contribution in [0.4, 0.5) is 0 Å².